The van der Waals surface area contributed by atoms with Crippen molar-refractivity contribution in [1.82, 2.24) is 9.80 Å². The van der Waals surface area contributed by atoms with Crippen LogP contribution in [0.4, 0.5) is 0 Å². The van der Waals surface area contributed by atoms with Crippen molar-refractivity contribution in [1.29, 1.82) is 0 Å². The van der Waals surface area contributed by atoms with Crippen LogP contribution in [0.15, 0.2) is 36.4 Å². The van der Waals surface area contributed by atoms with E-state index in [1.165, 1.54) is 21.3 Å². The van der Waals surface area contributed by atoms with Gasteiger partial charge in [0, 0.05) is 31.7 Å². The number of nitrogens with zero attached hydrogens (tertiary/aromatic N) is 2. The molecule has 2 aromatic carbocycles. The van der Waals surface area contributed by atoms with E-state index < -0.39 is 0 Å². The van der Waals surface area contributed by atoms with Crippen molar-refractivity contribution in [2.24, 2.45) is 0 Å². The molecule has 0 saturated carbocycles. The molecule has 166 valence electrons. The summed E-state index contributed by atoms with van der Waals surface area (Å²) in [6.45, 7) is 1.89. The number of ether oxygens (including phenoxy) is 4. The van der Waals surface area contributed by atoms with E-state index >= 15 is 0 Å². The molecule has 0 radical (unpaired) electrons. The molecule has 1 aliphatic heterocycles. The summed E-state index contributed by atoms with van der Waals surface area (Å²) in [6, 6.07) is 10.8. The molecule has 0 aliphatic carbocycles. The normalized spacial score (nSPS) is 13.5. The molecule has 1 fully saturated rings. The Balaban J connectivity index is 1.64. The Labute approximate surface area is 182 Å². The molecule has 1 heterocycles. The van der Waals surface area contributed by atoms with Gasteiger partial charge in [0.15, 0.2) is 11.5 Å². The SMILES string of the molecule is COc1cccc(CC(=O)N2CCN(C(=O)c3cc(OC)c(OC)c(OC)c3)CC2)c1. The molecule has 8 nitrogen and oxygen atoms in total. The van der Waals surface area contributed by atoms with Crippen LogP contribution in [0.1, 0.15) is 15.9 Å². The molecule has 2 aromatic rings. The van der Waals surface area contributed by atoms with Gasteiger partial charge in [-0.3, -0.25) is 9.59 Å². The summed E-state index contributed by atoms with van der Waals surface area (Å²) in [5.41, 5.74) is 1.35. The molecule has 0 aromatic heterocycles. The molecule has 1 saturated heterocycles. The van der Waals surface area contributed by atoms with Crippen molar-refractivity contribution in [2.75, 3.05) is 54.6 Å². The van der Waals surface area contributed by atoms with Crippen LogP contribution in [0.5, 0.6) is 23.0 Å². The Morgan fingerprint density at radius 1 is 0.806 bits per heavy atom. The number of methoxy groups -OCH3 is 4. The molecule has 8 heteroatoms. The third-order valence-corrected chi connectivity index (χ3v) is 5.32. The largest absolute Gasteiger partial charge is 0.497 e. The van der Waals surface area contributed by atoms with Crippen molar-refractivity contribution < 1.29 is 28.5 Å². The minimum atomic E-state index is -0.140. The average Bonchev–Trinajstić information content (AvgIpc) is 2.82. The van der Waals surface area contributed by atoms with Gasteiger partial charge in [-0.05, 0) is 29.8 Å². The molecule has 1 aliphatic rings. The smallest absolute Gasteiger partial charge is 0.254 e. The minimum Gasteiger partial charge on any atom is -0.497 e. The van der Waals surface area contributed by atoms with Gasteiger partial charge in [0.25, 0.3) is 5.91 Å². The third kappa shape index (κ3) is 5.02. The zero-order valence-corrected chi connectivity index (χ0v) is 18.3. The number of piperazine rings is 1. The van der Waals surface area contributed by atoms with Gasteiger partial charge in [-0.25, -0.2) is 0 Å². The summed E-state index contributed by atoms with van der Waals surface area (Å²) in [5.74, 6) is 1.92. The molecular weight excluding hydrogens is 400 g/mol. The van der Waals surface area contributed by atoms with Gasteiger partial charge in [0.1, 0.15) is 5.75 Å². The summed E-state index contributed by atoms with van der Waals surface area (Å²) < 4.78 is 21.2. The van der Waals surface area contributed by atoms with E-state index in [4.69, 9.17) is 18.9 Å². The van der Waals surface area contributed by atoms with Gasteiger partial charge in [0.05, 0.1) is 34.9 Å². The fourth-order valence-electron chi connectivity index (χ4n) is 3.61. The van der Waals surface area contributed by atoms with Crippen LogP contribution in [0.2, 0.25) is 0 Å². The maximum Gasteiger partial charge on any atom is 0.254 e. The zero-order valence-electron chi connectivity index (χ0n) is 18.3. The van der Waals surface area contributed by atoms with Crippen LogP contribution in [0.25, 0.3) is 0 Å². The number of hydrogen-bond acceptors (Lipinski definition) is 6. The Morgan fingerprint density at radius 3 is 1.97 bits per heavy atom. The lowest BCUT2D eigenvalue weighted by Crippen LogP contribution is -2.51. The highest BCUT2D eigenvalue weighted by Gasteiger charge is 2.26. The highest BCUT2D eigenvalue weighted by atomic mass is 16.5. The van der Waals surface area contributed by atoms with Gasteiger partial charge in [-0.15, -0.1) is 0 Å². The van der Waals surface area contributed by atoms with Crippen molar-refractivity contribution in [3.63, 3.8) is 0 Å². The van der Waals surface area contributed by atoms with Crippen molar-refractivity contribution in [2.45, 2.75) is 6.42 Å². The lowest BCUT2D eigenvalue weighted by atomic mass is 10.1. The van der Waals surface area contributed by atoms with Gasteiger partial charge in [0.2, 0.25) is 11.7 Å². The average molecular weight is 428 g/mol. The Hall–Kier alpha value is -3.42. The molecule has 0 N–H and O–H groups in total. The summed E-state index contributed by atoms with van der Waals surface area (Å²) in [6.07, 6.45) is 0.304. The van der Waals surface area contributed by atoms with Gasteiger partial charge >= 0.3 is 0 Å². The second-order valence-corrected chi connectivity index (χ2v) is 7.12. The number of carbonyl (C=O) groups excluding carboxylic acids is 2. The lowest BCUT2D eigenvalue weighted by Gasteiger charge is -2.35. The fraction of sp³-hybridized carbons (Fsp3) is 0.391. The van der Waals surface area contributed by atoms with E-state index in [0.29, 0.717) is 55.4 Å². The Morgan fingerprint density at radius 2 is 1.42 bits per heavy atom. The third-order valence-electron chi connectivity index (χ3n) is 5.32. The van der Waals surface area contributed by atoms with Crippen LogP contribution < -0.4 is 18.9 Å². The summed E-state index contributed by atoms with van der Waals surface area (Å²) in [4.78, 5) is 29.2. The second-order valence-electron chi connectivity index (χ2n) is 7.12. The Bertz CT molecular complexity index is 912. The lowest BCUT2D eigenvalue weighted by molar-refractivity contribution is -0.131. The molecule has 0 bridgehead atoms. The van der Waals surface area contributed by atoms with E-state index in [9.17, 15) is 9.59 Å². The highest BCUT2D eigenvalue weighted by Crippen LogP contribution is 2.38. The van der Waals surface area contributed by atoms with Crippen LogP contribution in [0, 0.1) is 0 Å². The fourth-order valence-corrected chi connectivity index (χ4v) is 3.61. The van der Waals surface area contributed by atoms with E-state index in [-0.39, 0.29) is 11.8 Å². The minimum absolute atomic E-state index is 0.0353. The predicted octanol–water partition coefficient (Wildman–Crippen LogP) is 2.25. The monoisotopic (exact) mass is 428 g/mol. The number of rotatable bonds is 7. The maximum atomic E-state index is 13.0. The summed E-state index contributed by atoms with van der Waals surface area (Å²) >= 11 is 0. The van der Waals surface area contributed by atoms with Crippen LogP contribution in [-0.2, 0) is 11.2 Å². The quantitative estimate of drug-likeness (QED) is 0.673. The molecule has 0 spiro atoms. The van der Waals surface area contributed by atoms with E-state index in [2.05, 4.69) is 0 Å². The van der Waals surface area contributed by atoms with Crippen molar-refractivity contribution in [3.8, 4) is 23.0 Å². The molecule has 0 unspecified atom stereocenters. The Kier molecular flexibility index (Phi) is 7.23. The highest BCUT2D eigenvalue weighted by molar-refractivity contribution is 5.96. The van der Waals surface area contributed by atoms with Crippen LogP contribution in [-0.4, -0.2) is 76.2 Å². The predicted molar refractivity (Wildman–Crippen MR) is 115 cm³/mol. The standard InChI is InChI=1S/C23H28N2O6/c1-28-18-7-5-6-16(12-18)13-21(26)24-8-10-25(11-9-24)23(27)17-14-19(29-2)22(31-4)20(15-17)30-3/h5-7,12,14-15H,8-11,13H2,1-4H3. The van der Waals surface area contributed by atoms with Crippen LogP contribution >= 0.6 is 0 Å². The second kappa shape index (κ2) is 10.1. The first kappa shape index (κ1) is 22.3. The zero-order chi connectivity index (χ0) is 22.4. The molecule has 31 heavy (non-hydrogen) atoms. The molecule has 0 atom stereocenters. The number of carbonyl (C=O) groups is 2. The van der Waals surface area contributed by atoms with Crippen molar-refractivity contribution >= 4 is 11.8 Å². The number of hydrogen-bond donors (Lipinski definition) is 0. The summed E-state index contributed by atoms with van der Waals surface area (Å²) in [5, 5.41) is 0. The maximum absolute atomic E-state index is 13.0. The summed E-state index contributed by atoms with van der Waals surface area (Å²) in [7, 11) is 6.14. The molecule has 3 rings (SSSR count). The first-order valence-corrected chi connectivity index (χ1v) is 10.0. The first-order chi connectivity index (χ1) is 15.0. The van der Waals surface area contributed by atoms with Gasteiger partial charge in [-0.2, -0.15) is 0 Å². The number of amides is 2. The van der Waals surface area contributed by atoms with E-state index in [1.54, 1.807) is 29.0 Å². The van der Waals surface area contributed by atoms with Crippen LogP contribution in [0.3, 0.4) is 0 Å². The number of benzene rings is 2. The molecular formula is C23H28N2O6. The molecule has 2 amide bonds. The first-order valence-electron chi connectivity index (χ1n) is 10.0. The van der Waals surface area contributed by atoms with E-state index in [0.717, 1.165) is 11.3 Å². The van der Waals surface area contributed by atoms with Gasteiger partial charge in [-0.1, -0.05) is 12.1 Å². The van der Waals surface area contributed by atoms with Gasteiger partial charge < -0.3 is 28.7 Å². The van der Waals surface area contributed by atoms with E-state index in [1.807, 2.05) is 24.3 Å². The van der Waals surface area contributed by atoms with Crippen molar-refractivity contribution in [3.05, 3.63) is 47.5 Å². The topological polar surface area (TPSA) is 77.5 Å².